The lowest BCUT2D eigenvalue weighted by atomic mass is 9.96. The standard InChI is InChI=1S/C12H12BrF3O3/c13-4-3-10(18)11(19)9-2-1-8(12(14,15)16)5-7(9)6-17/h1-2,5-6,10-11,18-19H,3-4H2. The molecule has 1 aromatic rings. The number of halogens is 4. The molecule has 7 heteroatoms. The molecule has 0 aliphatic heterocycles. The van der Waals surface area contributed by atoms with Gasteiger partial charge in [0.05, 0.1) is 11.7 Å². The second-order valence-electron chi connectivity index (χ2n) is 3.95. The number of alkyl halides is 4. The maximum Gasteiger partial charge on any atom is 0.416 e. The monoisotopic (exact) mass is 340 g/mol. The zero-order valence-electron chi connectivity index (χ0n) is 9.69. The first-order valence-corrected chi connectivity index (χ1v) is 6.51. The van der Waals surface area contributed by atoms with Gasteiger partial charge in [0.15, 0.2) is 0 Å². The second-order valence-corrected chi connectivity index (χ2v) is 4.74. The zero-order valence-corrected chi connectivity index (χ0v) is 11.3. The average molecular weight is 341 g/mol. The number of hydrogen-bond acceptors (Lipinski definition) is 3. The highest BCUT2D eigenvalue weighted by Gasteiger charge is 2.32. The fraction of sp³-hybridized carbons (Fsp3) is 0.417. The van der Waals surface area contributed by atoms with Gasteiger partial charge in [-0.3, -0.25) is 4.79 Å². The molecule has 2 unspecified atom stereocenters. The minimum atomic E-state index is -4.56. The fourth-order valence-corrected chi connectivity index (χ4v) is 2.07. The smallest absolute Gasteiger partial charge is 0.390 e. The summed E-state index contributed by atoms with van der Waals surface area (Å²) >= 11 is 3.07. The number of hydrogen-bond donors (Lipinski definition) is 2. The molecule has 0 bridgehead atoms. The van der Waals surface area contributed by atoms with Gasteiger partial charge in [-0.15, -0.1) is 0 Å². The third-order valence-electron chi connectivity index (χ3n) is 2.63. The van der Waals surface area contributed by atoms with Crippen molar-refractivity contribution in [2.75, 3.05) is 5.33 Å². The number of aldehydes is 1. The van der Waals surface area contributed by atoms with Crippen LogP contribution < -0.4 is 0 Å². The highest BCUT2D eigenvalue weighted by atomic mass is 79.9. The second kappa shape index (κ2) is 6.49. The largest absolute Gasteiger partial charge is 0.416 e. The first-order chi connectivity index (χ1) is 8.81. The lowest BCUT2D eigenvalue weighted by molar-refractivity contribution is -0.137. The Morgan fingerprint density at radius 3 is 2.42 bits per heavy atom. The summed E-state index contributed by atoms with van der Waals surface area (Å²) in [5.41, 5.74) is -1.27. The zero-order chi connectivity index (χ0) is 14.6. The maximum absolute atomic E-state index is 12.5. The summed E-state index contributed by atoms with van der Waals surface area (Å²) in [6.07, 6.45) is -6.68. The number of benzene rings is 1. The molecule has 0 amide bonds. The van der Waals surface area contributed by atoms with Crippen LogP contribution in [0.1, 0.15) is 34.0 Å². The summed E-state index contributed by atoms with van der Waals surface area (Å²) in [7, 11) is 0. The van der Waals surface area contributed by atoms with Crippen LogP contribution in [0.15, 0.2) is 18.2 Å². The van der Waals surface area contributed by atoms with Gasteiger partial charge in [0.25, 0.3) is 0 Å². The Hall–Kier alpha value is -0.920. The van der Waals surface area contributed by atoms with E-state index in [1.165, 1.54) is 0 Å². The van der Waals surface area contributed by atoms with E-state index in [1.807, 2.05) is 0 Å². The van der Waals surface area contributed by atoms with E-state index in [-0.39, 0.29) is 23.8 Å². The Labute approximate surface area is 116 Å². The summed E-state index contributed by atoms with van der Waals surface area (Å²) in [6.45, 7) is 0. The van der Waals surface area contributed by atoms with E-state index in [9.17, 15) is 28.2 Å². The van der Waals surface area contributed by atoms with Crippen molar-refractivity contribution >= 4 is 22.2 Å². The molecule has 1 aromatic carbocycles. The van der Waals surface area contributed by atoms with Crippen LogP contribution >= 0.6 is 15.9 Å². The summed E-state index contributed by atoms with van der Waals surface area (Å²) in [5.74, 6) is 0. The number of aliphatic hydroxyl groups excluding tert-OH is 2. The van der Waals surface area contributed by atoms with E-state index in [2.05, 4.69) is 15.9 Å². The van der Waals surface area contributed by atoms with Gasteiger partial charge in [0.1, 0.15) is 12.4 Å². The number of carbonyl (C=O) groups is 1. The fourth-order valence-electron chi connectivity index (χ4n) is 1.60. The van der Waals surface area contributed by atoms with Crippen LogP contribution in [0.2, 0.25) is 0 Å². The first-order valence-electron chi connectivity index (χ1n) is 5.39. The molecular weight excluding hydrogens is 329 g/mol. The summed E-state index contributed by atoms with van der Waals surface area (Å²) in [4.78, 5) is 10.8. The Morgan fingerprint density at radius 1 is 1.32 bits per heavy atom. The van der Waals surface area contributed by atoms with Crippen molar-refractivity contribution in [3.05, 3.63) is 34.9 Å². The Kier molecular flexibility index (Phi) is 5.51. The molecule has 106 valence electrons. The van der Waals surface area contributed by atoms with Crippen molar-refractivity contribution in [3.8, 4) is 0 Å². The van der Waals surface area contributed by atoms with Crippen LogP contribution in [0.3, 0.4) is 0 Å². The quantitative estimate of drug-likeness (QED) is 0.640. The molecule has 1 rings (SSSR count). The minimum Gasteiger partial charge on any atom is -0.390 e. The number of aliphatic hydroxyl groups is 2. The molecule has 0 aromatic heterocycles. The van der Waals surface area contributed by atoms with E-state index < -0.39 is 23.9 Å². The Balaban J connectivity index is 3.12. The summed E-state index contributed by atoms with van der Waals surface area (Å²) < 4.78 is 37.4. The predicted molar refractivity (Wildman–Crippen MR) is 66.2 cm³/mol. The molecule has 0 heterocycles. The molecule has 0 aliphatic rings. The lowest BCUT2D eigenvalue weighted by Crippen LogP contribution is -2.20. The minimum absolute atomic E-state index is 0.0172. The van der Waals surface area contributed by atoms with Gasteiger partial charge in [0, 0.05) is 10.9 Å². The third kappa shape index (κ3) is 4.02. The van der Waals surface area contributed by atoms with Gasteiger partial charge in [-0.2, -0.15) is 13.2 Å². The van der Waals surface area contributed by atoms with Crippen LogP contribution in [0.4, 0.5) is 13.2 Å². The number of rotatable bonds is 5. The van der Waals surface area contributed by atoms with Crippen molar-refractivity contribution in [1.29, 1.82) is 0 Å². The van der Waals surface area contributed by atoms with Gasteiger partial charge in [-0.05, 0) is 24.1 Å². The summed E-state index contributed by atoms with van der Waals surface area (Å²) in [5, 5.41) is 19.8. The van der Waals surface area contributed by atoms with Crippen molar-refractivity contribution in [3.63, 3.8) is 0 Å². The van der Waals surface area contributed by atoms with E-state index in [4.69, 9.17) is 0 Å². The molecule has 0 saturated heterocycles. The van der Waals surface area contributed by atoms with Gasteiger partial charge in [-0.25, -0.2) is 0 Å². The SMILES string of the molecule is O=Cc1cc(C(F)(F)F)ccc1C(O)C(O)CCBr. The van der Waals surface area contributed by atoms with E-state index in [0.29, 0.717) is 11.4 Å². The van der Waals surface area contributed by atoms with Crippen molar-refractivity contribution in [2.45, 2.75) is 24.8 Å². The first kappa shape index (κ1) is 16.1. The van der Waals surface area contributed by atoms with Gasteiger partial charge in [-0.1, -0.05) is 22.0 Å². The highest BCUT2D eigenvalue weighted by molar-refractivity contribution is 9.09. The van der Waals surface area contributed by atoms with Crippen molar-refractivity contribution < 1.29 is 28.2 Å². The molecule has 2 atom stereocenters. The van der Waals surface area contributed by atoms with E-state index >= 15 is 0 Å². The van der Waals surface area contributed by atoms with E-state index in [1.54, 1.807) is 0 Å². The number of carbonyl (C=O) groups excluding carboxylic acids is 1. The molecule has 3 nitrogen and oxygen atoms in total. The normalized spacial score (nSPS) is 15.1. The average Bonchev–Trinajstić information content (AvgIpc) is 2.36. The molecule has 0 fully saturated rings. The van der Waals surface area contributed by atoms with Crippen LogP contribution in [-0.2, 0) is 6.18 Å². The molecule has 0 aliphatic carbocycles. The van der Waals surface area contributed by atoms with Crippen LogP contribution in [-0.4, -0.2) is 27.9 Å². The van der Waals surface area contributed by atoms with Gasteiger partial charge in [0.2, 0.25) is 0 Å². The van der Waals surface area contributed by atoms with Crippen LogP contribution in [0.5, 0.6) is 0 Å². The maximum atomic E-state index is 12.5. The third-order valence-corrected chi connectivity index (χ3v) is 3.09. The van der Waals surface area contributed by atoms with Crippen LogP contribution in [0, 0.1) is 0 Å². The topological polar surface area (TPSA) is 57.5 Å². The molecular formula is C12H12BrF3O3. The summed E-state index contributed by atoms with van der Waals surface area (Å²) in [6, 6.07) is 2.44. The van der Waals surface area contributed by atoms with Crippen molar-refractivity contribution in [2.24, 2.45) is 0 Å². The van der Waals surface area contributed by atoms with Gasteiger partial charge < -0.3 is 10.2 Å². The molecule has 0 spiro atoms. The van der Waals surface area contributed by atoms with Crippen molar-refractivity contribution in [1.82, 2.24) is 0 Å². The molecule has 0 saturated carbocycles. The Morgan fingerprint density at radius 2 is 1.95 bits per heavy atom. The molecule has 19 heavy (non-hydrogen) atoms. The van der Waals surface area contributed by atoms with Crippen LogP contribution in [0.25, 0.3) is 0 Å². The lowest BCUT2D eigenvalue weighted by Gasteiger charge is -2.19. The van der Waals surface area contributed by atoms with E-state index in [0.717, 1.165) is 12.1 Å². The molecule has 0 radical (unpaired) electrons. The predicted octanol–water partition coefficient (Wildman–Crippen LogP) is 2.70. The highest BCUT2D eigenvalue weighted by Crippen LogP contribution is 2.32. The Bertz CT molecular complexity index is 448. The van der Waals surface area contributed by atoms with Gasteiger partial charge >= 0.3 is 6.18 Å². The molecule has 2 N–H and O–H groups in total.